The molecule has 0 aliphatic heterocycles. The lowest BCUT2D eigenvalue weighted by atomic mass is 10.0. The second kappa shape index (κ2) is 11.2. The molecule has 4 aromatic rings. The van der Waals surface area contributed by atoms with Crippen molar-refractivity contribution in [3.05, 3.63) is 85.1 Å². The Morgan fingerprint density at radius 1 is 0.694 bits per heavy atom. The van der Waals surface area contributed by atoms with E-state index in [9.17, 15) is 0 Å². The molecular weight excluding hydrogens is 448 g/mol. The summed E-state index contributed by atoms with van der Waals surface area (Å²) >= 11 is 0. The number of nitrogens with zero attached hydrogens (tertiary/aromatic N) is 1. The van der Waals surface area contributed by atoms with Gasteiger partial charge < -0.3 is 19.5 Å². The molecular formula is C31H34N2O3. The first-order valence-corrected chi connectivity index (χ1v) is 12.4. The Balaban J connectivity index is 1.51. The van der Waals surface area contributed by atoms with E-state index in [-0.39, 0.29) is 5.60 Å². The van der Waals surface area contributed by atoms with Gasteiger partial charge in [0.15, 0.2) is 0 Å². The fourth-order valence-corrected chi connectivity index (χ4v) is 3.88. The van der Waals surface area contributed by atoms with Crippen molar-refractivity contribution in [2.45, 2.75) is 40.2 Å². The third-order valence-corrected chi connectivity index (χ3v) is 5.39. The number of ether oxygens (including phenoxy) is 3. The lowest BCUT2D eigenvalue weighted by Crippen LogP contribution is -2.22. The zero-order valence-electron chi connectivity index (χ0n) is 21.7. The summed E-state index contributed by atoms with van der Waals surface area (Å²) in [5.74, 6) is 2.42. The number of hydrogen-bond acceptors (Lipinski definition) is 5. The molecule has 4 rings (SSSR count). The first-order chi connectivity index (χ1) is 17.3. The summed E-state index contributed by atoms with van der Waals surface area (Å²) in [5, 5.41) is 3.45. The predicted octanol–water partition coefficient (Wildman–Crippen LogP) is 8.13. The Morgan fingerprint density at radius 2 is 1.33 bits per heavy atom. The molecule has 36 heavy (non-hydrogen) atoms. The Morgan fingerprint density at radius 3 is 1.97 bits per heavy atom. The molecule has 0 saturated carbocycles. The number of pyridine rings is 1. The summed E-state index contributed by atoms with van der Waals surface area (Å²) in [5.41, 5.74) is 5.82. The van der Waals surface area contributed by atoms with Gasteiger partial charge >= 0.3 is 0 Å². The molecule has 1 aromatic heterocycles. The Hall–Kier alpha value is -3.99. The Bertz CT molecular complexity index is 1280. The van der Waals surface area contributed by atoms with Gasteiger partial charge in [-0.15, -0.1) is 0 Å². The van der Waals surface area contributed by atoms with Gasteiger partial charge in [-0.05, 0) is 106 Å². The molecule has 0 bridgehead atoms. The number of nitrogens with one attached hydrogen (secondary N) is 1. The smallest absolute Gasteiger partial charge is 0.132 e. The molecule has 0 atom stereocenters. The summed E-state index contributed by atoms with van der Waals surface area (Å²) < 4.78 is 17.4. The highest BCUT2D eigenvalue weighted by atomic mass is 16.5. The van der Waals surface area contributed by atoms with Crippen LogP contribution in [0.15, 0.2) is 85.1 Å². The van der Waals surface area contributed by atoms with Crippen molar-refractivity contribution in [1.82, 2.24) is 4.98 Å². The second-order valence-electron chi connectivity index (χ2n) is 9.39. The molecule has 1 heterocycles. The molecule has 0 spiro atoms. The van der Waals surface area contributed by atoms with Crippen LogP contribution in [0, 0.1) is 0 Å². The minimum Gasteiger partial charge on any atom is -0.494 e. The van der Waals surface area contributed by atoms with Crippen molar-refractivity contribution in [3.63, 3.8) is 0 Å². The highest BCUT2D eigenvalue weighted by Crippen LogP contribution is 2.34. The van der Waals surface area contributed by atoms with Crippen molar-refractivity contribution in [2.24, 2.45) is 0 Å². The van der Waals surface area contributed by atoms with Crippen molar-refractivity contribution in [1.29, 1.82) is 0 Å². The molecule has 5 heteroatoms. The number of aromatic nitrogens is 1. The fourth-order valence-electron chi connectivity index (χ4n) is 3.88. The first kappa shape index (κ1) is 25.1. The molecule has 0 unspecified atom stereocenters. The summed E-state index contributed by atoms with van der Waals surface area (Å²) in [6.45, 7) is 11.3. The van der Waals surface area contributed by atoms with Crippen LogP contribution in [0.4, 0.5) is 11.4 Å². The van der Waals surface area contributed by atoms with Gasteiger partial charge in [-0.1, -0.05) is 12.1 Å². The Labute approximate surface area is 214 Å². The van der Waals surface area contributed by atoms with Crippen LogP contribution in [-0.2, 0) is 0 Å². The third-order valence-electron chi connectivity index (χ3n) is 5.39. The maximum atomic E-state index is 5.90. The summed E-state index contributed by atoms with van der Waals surface area (Å²) in [6, 6.07) is 26.4. The molecule has 3 aromatic carbocycles. The van der Waals surface area contributed by atoms with Crippen molar-refractivity contribution in [2.75, 3.05) is 18.5 Å². The normalized spacial score (nSPS) is 11.1. The van der Waals surface area contributed by atoms with Crippen LogP contribution in [0.2, 0.25) is 0 Å². The predicted molar refractivity (Wildman–Crippen MR) is 148 cm³/mol. The van der Waals surface area contributed by atoms with Crippen molar-refractivity contribution >= 4 is 11.4 Å². The van der Waals surface area contributed by atoms with Gasteiger partial charge in [0.05, 0.1) is 18.9 Å². The van der Waals surface area contributed by atoms with Gasteiger partial charge in [-0.2, -0.15) is 0 Å². The molecule has 186 valence electrons. The van der Waals surface area contributed by atoms with E-state index in [0.29, 0.717) is 13.2 Å². The summed E-state index contributed by atoms with van der Waals surface area (Å²) in [4.78, 5) is 4.61. The average molecular weight is 483 g/mol. The van der Waals surface area contributed by atoms with E-state index >= 15 is 0 Å². The topological polar surface area (TPSA) is 52.6 Å². The molecule has 1 N–H and O–H groups in total. The van der Waals surface area contributed by atoms with Crippen LogP contribution in [0.25, 0.3) is 22.4 Å². The largest absolute Gasteiger partial charge is 0.494 e. The molecule has 0 radical (unpaired) electrons. The monoisotopic (exact) mass is 482 g/mol. The maximum absolute atomic E-state index is 5.90. The third kappa shape index (κ3) is 6.57. The van der Waals surface area contributed by atoms with E-state index in [1.165, 1.54) is 0 Å². The summed E-state index contributed by atoms with van der Waals surface area (Å²) in [6.07, 6.45) is 1.84. The summed E-state index contributed by atoms with van der Waals surface area (Å²) in [7, 11) is 0. The van der Waals surface area contributed by atoms with Crippen molar-refractivity contribution < 1.29 is 14.2 Å². The van der Waals surface area contributed by atoms with E-state index in [2.05, 4.69) is 40.6 Å². The van der Waals surface area contributed by atoms with Gasteiger partial charge in [0, 0.05) is 29.2 Å². The molecule has 5 nitrogen and oxygen atoms in total. The zero-order valence-corrected chi connectivity index (χ0v) is 21.7. The molecule has 0 saturated heterocycles. The van der Waals surface area contributed by atoms with Gasteiger partial charge in [0.25, 0.3) is 0 Å². The number of benzene rings is 3. The van der Waals surface area contributed by atoms with Crippen LogP contribution >= 0.6 is 0 Å². The number of hydrogen-bond donors (Lipinski definition) is 1. The van der Waals surface area contributed by atoms with E-state index in [4.69, 9.17) is 14.2 Å². The first-order valence-electron chi connectivity index (χ1n) is 12.4. The van der Waals surface area contributed by atoms with Crippen molar-refractivity contribution in [3.8, 4) is 39.6 Å². The van der Waals surface area contributed by atoms with Crippen LogP contribution < -0.4 is 19.5 Å². The maximum Gasteiger partial charge on any atom is 0.132 e. The van der Waals surface area contributed by atoms with Gasteiger partial charge in [0.2, 0.25) is 0 Å². The fraction of sp³-hybridized carbons (Fsp3) is 0.258. The number of anilines is 2. The van der Waals surface area contributed by atoms with Crippen LogP contribution in [-0.4, -0.2) is 23.8 Å². The van der Waals surface area contributed by atoms with E-state index in [0.717, 1.165) is 51.0 Å². The van der Waals surface area contributed by atoms with E-state index in [1.54, 1.807) is 0 Å². The van der Waals surface area contributed by atoms with Crippen LogP contribution in [0.3, 0.4) is 0 Å². The average Bonchev–Trinajstić information content (AvgIpc) is 2.86. The highest BCUT2D eigenvalue weighted by molar-refractivity contribution is 5.75. The molecule has 0 aliphatic carbocycles. The van der Waals surface area contributed by atoms with Crippen LogP contribution in [0.1, 0.15) is 34.6 Å². The van der Waals surface area contributed by atoms with Gasteiger partial charge in [0.1, 0.15) is 22.8 Å². The van der Waals surface area contributed by atoms with Gasteiger partial charge in [-0.3, -0.25) is 4.98 Å². The molecule has 0 aliphatic rings. The minimum atomic E-state index is -0.213. The van der Waals surface area contributed by atoms with Crippen LogP contribution in [0.5, 0.6) is 17.2 Å². The number of rotatable bonds is 9. The van der Waals surface area contributed by atoms with Gasteiger partial charge in [-0.25, -0.2) is 0 Å². The highest BCUT2D eigenvalue weighted by Gasteiger charge is 2.12. The van der Waals surface area contributed by atoms with E-state index < -0.39 is 0 Å². The minimum absolute atomic E-state index is 0.213. The van der Waals surface area contributed by atoms with E-state index in [1.807, 2.05) is 89.3 Å². The Kier molecular flexibility index (Phi) is 7.79. The molecule has 0 amide bonds. The second-order valence-corrected chi connectivity index (χ2v) is 9.39. The lowest BCUT2D eigenvalue weighted by molar-refractivity contribution is 0.131. The standard InChI is InChI=1S/C31H34N2O3/c1-6-34-27-16-17-28(30(21-27)35-7-2)29-20-23(18-19-32-29)22-8-10-24(11-9-22)33-25-12-14-26(15-13-25)36-31(3,4)5/h8-21,33H,6-7H2,1-5H3. The quantitative estimate of drug-likeness (QED) is 0.261. The molecule has 0 fully saturated rings. The lowest BCUT2D eigenvalue weighted by Gasteiger charge is -2.21. The zero-order chi connectivity index (χ0) is 25.5. The SMILES string of the molecule is CCOc1ccc(-c2cc(-c3ccc(Nc4ccc(OC(C)(C)C)cc4)cc3)ccn2)c(OCC)c1.